The Bertz CT molecular complexity index is 323. The van der Waals surface area contributed by atoms with Crippen molar-refractivity contribution in [3.05, 3.63) is 0 Å². The van der Waals surface area contributed by atoms with Crippen LogP contribution in [0.4, 0.5) is 4.79 Å². The van der Waals surface area contributed by atoms with E-state index in [2.05, 4.69) is 0 Å². The van der Waals surface area contributed by atoms with Crippen molar-refractivity contribution < 1.29 is 19.2 Å². The van der Waals surface area contributed by atoms with Crippen molar-refractivity contribution in [2.45, 2.75) is 13.8 Å². The van der Waals surface area contributed by atoms with E-state index in [-0.39, 0.29) is 6.54 Å². The van der Waals surface area contributed by atoms with E-state index in [9.17, 15) is 19.2 Å². The number of nitrogens with zero attached hydrogens (tertiary/aromatic N) is 1. The number of hydrogen-bond donors (Lipinski definition) is 1. The summed E-state index contributed by atoms with van der Waals surface area (Å²) in [4.78, 5) is 45.4. The van der Waals surface area contributed by atoms with Crippen molar-refractivity contribution in [3.8, 4) is 0 Å². The Hall–Kier alpha value is -1.72. The van der Waals surface area contributed by atoms with Gasteiger partial charge in [-0.05, 0) is 13.8 Å². The second kappa shape index (κ2) is 3.57. The molecule has 0 bridgehead atoms. The zero-order valence-electron chi connectivity index (χ0n) is 7.86. The lowest BCUT2D eigenvalue weighted by atomic mass is 10.0. The van der Waals surface area contributed by atoms with Gasteiger partial charge in [0.25, 0.3) is 5.91 Å². The number of carbonyl (C=O) groups is 4. The number of barbiturate groups is 1. The van der Waals surface area contributed by atoms with Crippen molar-refractivity contribution >= 4 is 23.6 Å². The largest absolute Gasteiger partial charge is 0.330 e. The van der Waals surface area contributed by atoms with Crippen LogP contribution < -0.4 is 5.32 Å². The van der Waals surface area contributed by atoms with Crippen molar-refractivity contribution in [2.75, 3.05) is 6.54 Å². The number of Topliss-reactive ketones (excluding diaryl/α,β-unsaturated/α-hetero) is 1. The number of carbonyl (C=O) groups excluding carboxylic acids is 4. The van der Waals surface area contributed by atoms with Gasteiger partial charge in [-0.15, -0.1) is 0 Å². The Morgan fingerprint density at radius 2 is 2.00 bits per heavy atom. The normalized spacial score (nSPS) is 22.3. The van der Waals surface area contributed by atoms with E-state index >= 15 is 0 Å². The van der Waals surface area contributed by atoms with Gasteiger partial charge in [0.2, 0.25) is 5.91 Å². The fraction of sp³-hybridized carbons (Fsp3) is 0.500. The zero-order valence-corrected chi connectivity index (χ0v) is 7.86. The van der Waals surface area contributed by atoms with Crippen LogP contribution in [0, 0.1) is 5.92 Å². The van der Waals surface area contributed by atoms with Crippen LogP contribution in [-0.4, -0.2) is 35.1 Å². The topological polar surface area (TPSA) is 83.6 Å². The molecule has 6 heteroatoms. The van der Waals surface area contributed by atoms with Crippen LogP contribution in [0.3, 0.4) is 0 Å². The number of hydrogen-bond acceptors (Lipinski definition) is 4. The van der Waals surface area contributed by atoms with Gasteiger partial charge in [0, 0.05) is 6.54 Å². The summed E-state index contributed by atoms with van der Waals surface area (Å²) in [5.41, 5.74) is 0. The van der Waals surface area contributed by atoms with E-state index in [4.69, 9.17) is 0 Å². The molecule has 76 valence electrons. The summed E-state index contributed by atoms with van der Waals surface area (Å²) in [6.07, 6.45) is 0. The third-order valence-electron chi connectivity index (χ3n) is 1.97. The molecule has 1 aliphatic heterocycles. The van der Waals surface area contributed by atoms with Crippen molar-refractivity contribution in [2.24, 2.45) is 5.92 Å². The Morgan fingerprint density at radius 1 is 1.43 bits per heavy atom. The van der Waals surface area contributed by atoms with E-state index in [1.807, 2.05) is 5.32 Å². The predicted octanol–water partition coefficient (Wildman–Crippen LogP) is -0.710. The summed E-state index contributed by atoms with van der Waals surface area (Å²) in [5, 5.41) is 1.95. The first-order valence-electron chi connectivity index (χ1n) is 4.15. The standard InChI is InChI=1S/C8H10N2O4/c1-3-10-7(13)5(4(2)11)6(12)9-8(10)14/h5H,3H2,1-2H3,(H,9,12,14). The molecular weight excluding hydrogens is 188 g/mol. The van der Waals surface area contributed by atoms with Gasteiger partial charge in [-0.1, -0.05) is 0 Å². The number of ketones is 1. The molecule has 1 aliphatic rings. The minimum Gasteiger partial charge on any atom is -0.299 e. The van der Waals surface area contributed by atoms with E-state index in [1.54, 1.807) is 6.92 Å². The molecule has 0 aliphatic carbocycles. The molecule has 0 aromatic rings. The second-order valence-electron chi connectivity index (χ2n) is 2.92. The Labute approximate surface area is 80.2 Å². The van der Waals surface area contributed by atoms with Crippen LogP contribution in [0.5, 0.6) is 0 Å². The highest BCUT2D eigenvalue weighted by Crippen LogP contribution is 2.10. The number of nitrogens with one attached hydrogen (secondary N) is 1. The van der Waals surface area contributed by atoms with Gasteiger partial charge in [-0.25, -0.2) is 4.79 Å². The summed E-state index contributed by atoms with van der Waals surface area (Å²) in [6.45, 7) is 2.87. The van der Waals surface area contributed by atoms with Gasteiger partial charge >= 0.3 is 6.03 Å². The van der Waals surface area contributed by atoms with Crippen LogP contribution in [-0.2, 0) is 14.4 Å². The maximum absolute atomic E-state index is 11.4. The molecule has 1 saturated heterocycles. The van der Waals surface area contributed by atoms with Gasteiger partial charge in [0.05, 0.1) is 0 Å². The second-order valence-corrected chi connectivity index (χ2v) is 2.92. The van der Waals surface area contributed by atoms with Gasteiger partial charge < -0.3 is 0 Å². The molecule has 1 N–H and O–H groups in total. The average Bonchev–Trinajstić information content (AvgIpc) is 2.02. The number of urea groups is 1. The number of imide groups is 2. The SMILES string of the molecule is CCN1C(=O)NC(=O)C(C(C)=O)C1=O. The molecule has 0 saturated carbocycles. The summed E-state index contributed by atoms with van der Waals surface area (Å²) in [5.74, 6) is -3.50. The molecule has 1 heterocycles. The highest BCUT2D eigenvalue weighted by atomic mass is 16.2. The smallest absolute Gasteiger partial charge is 0.299 e. The Balaban J connectivity index is 3.00. The van der Waals surface area contributed by atoms with Crippen molar-refractivity contribution in [1.29, 1.82) is 0 Å². The molecule has 0 radical (unpaired) electrons. The fourth-order valence-electron chi connectivity index (χ4n) is 1.27. The number of amides is 4. The third kappa shape index (κ3) is 1.50. The van der Waals surface area contributed by atoms with Gasteiger partial charge in [0.15, 0.2) is 11.7 Å². The van der Waals surface area contributed by atoms with E-state index < -0.39 is 29.5 Å². The fourth-order valence-corrected chi connectivity index (χ4v) is 1.27. The van der Waals surface area contributed by atoms with E-state index in [1.165, 1.54) is 0 Å². The molecule has 1 rings (SSSR count). The molecule has 0 aromatic carbocycles. The quantitative estimate of drug-likeness (QED) is 0.594. The van der Waals surface area contributed by atoms with Crippen LogP contribution in [0.15, 0.2) is 0 Å². The van der Waals surface area contributed by atoms with Crippen molar-refractivity contribution in [3.63, 3.8) is 0 Å². The first kappa shape index (κ1) is 10.4. The zero-order chi connectivity index (χ0) is 10.9. The maximum Gasteiger partial charge on any atom is 0.330 e. The Morgan fingerprint density at radius 3 is 2.43 bits per heavy atom. The van der Waals surface area contributed by atoms with Gasteiger partial charge in [-0.2, -0.15) is 0 Å². The molecule has 0 spiro atoms. The average molecular weight is 198 g/mol. The van der Waals surface area contributed by atoms with Crippen LogP contribution >= 0.6 is 0 Å². The number of rotatable bonds is 2. The van der Waals surface area contributed by atoms with E-state index in [0.29, 0.717) is 0 Å². The molecule has 1 unspecified atom stereocenters. The third-order valence-corrected chi connectivity index (χ3v) is 1.97. The molecule has 14 heavy (non-hydrogen) atoms. The summed E-state index contributed by atoms with van der Waals surface area (Å²) >= 11 is 0. The lowest BCUT2D eigenvalue weighted by Crippen LogP contribution is -2.59. The summed E-state index contributed by atoms with van der Waals surface area (Å²) in [6, 6.07) is -0.764. The lowest BCUT2D eigenvalue weighted by molar-refractivity contribution is -0.146. The van der Waals surface area contributed by atoms with Crippen molar-refractivity contribution in [1.82, 2.24) is 10.2 Å². The van der Waals surface area contributed by atoms with Gasteiger partial charge in [-0.3, -0.25) is 24.6 Å². The monoisotopic (exact) mass is 198 g/mol. The predicted molar refractivity (Wildman–Crippen MR) is 45.1 cm³/mol. The van der Waals surface area contributed by atoms with E-state index in [0.717, 1.165) is 11.8 Å². The molecule has 1 atom stereocenters. The maximum atomic E-state index is 11.4. The van der Waals surface area contributed by atoms with Crippen LogP contribution in [0.1, 0.15) is 13.8 Å². The molecule has 0 aromatic heterocycles. The first-order valence-corrected chi connectivity index (χ1v) is 4.15. The van der Waals surface area contributed by atoms with Gasteiger partial charge in [0.1, 0.15) is 0 Å². The lowest BCUT2D eigenvalue weighted by Gasteiger charge is -2.27. The first-order chi connectivity index (χ1) is 6.49. The van der Waals surface area contributed by atoms with Crippen LogP contribution in [0.2, 0.25) is 0 Å². The molecule has 4 amide bonds. The molecule has 6 nitrogen and oxygen atoms in total. The minimum absolute atomic E-state index is 0.141. The summed E-state index contributed by atoms with van der Waals surface area (Å²) < 4.78 is 0. The highest BCUT2D eigenvalue weighted by Gasteiger charge is 2.42. The summed E-state index contributed by atoms with van der Waals surface area (Å²) in [7, 11) is 0. The minimum atomic E-state index is -1.37. The highest BCUT2D eigenvalue weighted by molar-refractivity contribution is 6.26. The Kier molecular flexibility index (Phi) is 2.64. The van der Waals surface area contributed by atoms with Crippen LogP contribution in [0.25, 0.3) is 0 Å². The molecule has 1 fully saturated rings. The molecular formula is C8H10N2O4.